The fourth-order valence-electron chi connectivity index (χ4n) is 1.97. The molecule has 1 amide bonds. The smallest absolute Gasteiger partial charge is 0.429 e. The number of sulfonamides is 1. The molecule has 0 unspecified atom stereocenters. The lowest BCUT2D eigenvalue weighted by atomic mass is 10.2. The number of rotatable bonds is 7. The summed E-state index contributed by atoms with van der Waals surface area (Å²) in [5.41, 5.74) is -1.31. The predicted octanol–water partition coefficient (Wildman–Crippen LogP) is 3.26. The maximum atomic E-state index is 12.5. The molecule has 8 nitrogen and oxygen atoms in total. The van der Waals surface area contributed by atoms with E-state index in [1.54, 1.807) is 20.8 Å². The molecule has 1 aromatic rings. The van der Waals surface area contributed by atoms with Crippen LogP contribution in [0.3, 0.4) is 0 Å². The minimum atomic E-state index is -4.10. The van der Waals surface area contributed by atoms with Gasteiger partial charge in [0, 0.05) is 0 Å². The second kappa shape index (κ2) is 8.39. The average molecular weight is 387 g/mol. The minimum Gasteiger partial charge on any atom is -0.491 e. The molecule has 0 spiro atoms. The van der Waals surface area contributed by atoms with Gasteiger partial charge in [0.05, 0.1) is 18.4 Å². The van der Waals surface area contributed by atoms with Gasteiger partial charge >= 0.3 is 12.1 Å². The number of hydrogen-bond acceptors (Lipinski definition) is 6. The Kier molecular flexibility index (Phi) is 7.02. The van der Waals surface area contributed by atoms with Crippen molar-refractivity contribution < 1.29 is 32.6 Å². The summed E-state index contributed by atoms with van der Waals surface area (Å²) in [7, 11) is -4.10. The first-order valence-corrected chi connectivity index (χ1v) is 9.95. The first-order chi connectivity index (χ1) is 11.9. The highest BCUT2D eigenvalue weighted by molar-refractivity contribution is 7.92. The van der Waals surface area contributed by atoms with E-state index in [2.05, 4.69) is 0 Å². The van der Waals surface area contributed by atoms with Gasteiger partial charge in [-0.05, 0) is 45.4 Å². The van der Waals surface area contributed by atoms with Gasteiger partial charge < -0.3 is 14.6 Å². The van der Waals surface area contributed by atoms with Crippen molar-refractivity contribution in [3.8, 4) is 5.75 Å². The van der Waals surface area contributed by atoms with Crippen LogP contribution in [0.5, 0.6) is 5.75 Å². The fourth-order valence-corrected chi connectivity index (χ4v) is 2.78. The van der Waals surface area contributed by atoms with Gasteiger partial charge in [-0.2, -0.15) is 4.31 Å². The van der Waals surface area contributed by atoms with Crippen molar-refractivity contribution in [3.05, 3.63) is 23.8 Å². The van der Waals surface area contributed by atoms with Crippen molar-refractivity contribution >= 4 is 27.8 Å². The fraction of sp³-hybridized carbons (Fsp3) is 0.529. The van der Waals surface area contributed by atoms with Gasteiger partial charge in [-0.1, -0.05) is 13.3 Å². The number of carbonyl (C=O) groups is 2. The Balaban J connectivity index is 3.47. The molecular formula is C17H25NO7S. The molecule has 1 N–H and O–H groups in total. The van der Waals surface area contributed by atoms with E-state index in [1.165, 1.54) is 12.1 Å². The van der Waals surface area contributed by atoms with E-state index in [4.69, 9.17) is 9.47 Å². The number of benzene rings is 1. The van der Waals surface area contributed by atoms with Crippen molar-refractivity contribution in [3.63, 3.8) is 0 Å². The van der Waals surface area contributed by atoms with Crippen LogP contribution in [0.25, 0.3) is 0 Å². The zero-order chi connectivity index (χ0) is 20.1. The second-order valence-corrected chi connectivity index (χ2v) is 8.53. The third-order valence-corrected chi connectivity index (χ3v) is 4.08. The molecule has 0 saturated heterocycles. The highest BCUT2D eigenvalue weighted by Crippen LogP contribution is 2.33. The van der Waals surface area contributed by atoms with Gasteiger partial charge in [0.25, 0.3) is 0 Å². The van der Waals surface area contributed by atoms with Crippen LogP contribution in [0.15, 0.2) is 18.2 Å². The number of unbranched alkanes of at least 4 members (excludes halogenated alkanes) is 1. The number of hydrogen-bond donors (Lipinski definition) is 1. The molecule has 9 heteroatoms. The SMILES string of the molecule is CCCCOc1ccc(C(=O)O)cc1N(C(=O)OC(C)(C)C)S(C)(=O)=O. The molecule has 0 saturated carbocycles. The van der Waals surface area contributed by atoms with Gasteiger partial charge in [0.15, 0.2) is 0 Å². The Labute approximate surface area is 153 Å². The lowest BCUT2D eigenvalue weighted by molar-refractivity contribution is 0.0605. The van der Waals surface area contributed by atoms with E-state index >= 15 is 0 Å². The summed E-state index contributed by atoms with van der Waals surface area (Å²) in [4.78, 5) is 23.8. The zero-order valence-electron chi connectivity index (χ0n) is 15.6. The van der Waals surface area contributed by atoms with Crippen LogP contribution < -0.4 is 9.04 Å². The summed E-state index contributed by atoms with van der Waals surface area (Å²) >= 11 is 0. The van der Waals surface area contributed by atoms with Gasteiger partial charge in [-0.3, -0.25) is 0 Å². The highest BCUT2D eigenvalue weighted by Gasteiger charge is 2.33. The van der Waals surface area contributed by atoms with Gasteiger partial charge in [-0.15, -0.1) is 0 Å². The van der Waals surface area contributed by atoms with Gasteiger partial charge in [-0.25, -0.2) is 18.0 Å². The summed E-state index contributed by atoms with van der Waals surface area (Å²) in [5, 5.41) is 9.20. The van der Waals surface area contributed by atoms with Crippen molar-refractivity contribution in [1.29, 1.82) is 0 Å². The van der Waals surface area contributed by atoms with Crippen LogP contribution in [0.2, 0.25) is 0 Å². The molecule has 26 heavy (non-hydrogen) atoms. The summed E-state index contributed by atoms with van der Waals surface area (Å²) < 4.78 is 35.6. The number of aromatic carboxylic acids is 1. The first-order valence-electron chi connectivity index (χ1n) is 8.10. The first kappa shape index (κ1) is 21.8. The van der Waals surface area contributed by atoms with Crippen molar-refractivity contribution in [2.75, 3.05) is 17.2 Å². The van der Waals surface area contributed by atoms with Crippen LogP contribution in [-0.4, -0.2) is 44.1 Å². The molecule has 1 aromatic carbocycles. The highest BCUT2D eigenvalue weighted by atomic mass is 32.2. The molecule has 0 aromatic heterocycles. The number of ether oxygens (including phenoxy) is 2. The van der Waals surface area contributed by atoms with Crippen LogP contribution in [0.1, 0.15) is 50.9 Å². The molecule has 0 aliphatic carbocycles. The average Bonchev–Trinajstić information content (AvgIpc) is 2.45. The number of carboxylic acids is 1. The Morgan fingerprint density at radius 2 is 1.85 bits per heavy atom. The van der Waals surface area contributed by atoms with Crippen LogP contribution in [-0.2, 0) is 14.8 Å². The monoisotopic (exact) mass is 387 g/mol. The Morgan fingerprint density at radius 1 is 1.23 bits per heavy atom. The van der Waals surface area contributed by atoms with E-state index in [1.807, 2.05) is 6.92 Å². The van der Waals surface area contributed by atoms with E-state index in [0.717, 1.165) is 18.7 Å². The molecule has 0 aliphatic heterocycles. The number of amides is 1. The molecule has 0 radical (unpaired) electrons. The summed E-state index contributed by atoms with van der Waals surface area (Å²) in [6.07, 6.45) is 1.26. The summed E-state index contributed by atoms with van der Waals surface area (Å²) in [6, 6.07) is 3.69. The van der Waals surface area contributed by atoms with Crippen LogP contribution in [0.4, 0.5) is 10.5 Å². The largest absolute Gasteiger partial charge is 0.491 e. The van der Waals surface area contributed by atoms with Gasteiger partial charge in [0.1, 0.15) is 17.0 Å². The maximum Gasteiger partial charge on any atom is 0.429 e. The quantitative estimate of drug-likeness (QED) is 0.715. The van der Waals surface area contributed by atoms with Crippen molar-refractivity contribution in [2.45, 2.75) is 46.1 Å². The summed E-state index contributed by atoms with van der Waals surface area (Å²) in [5.74, 6) is -1.18. The van der Waals surface area contributed by atoms with E-state index < -0.39 is 27.7 Å². The lowest BCUT2D eigenvalue weighted by Crippen LogP contribution is -2.40. The number of nitrogens with zero attached hydrogens (tertiary/aromatic N) is 1. The molecule has 0 bridgehead atoms. The third kappa shape index (κ3) is 6.21. The van der Waals surface area contributed by atoms with Crippen molar-refractivity contribution in [2.24, 2.45) is 0 Å². The van der Waals surface area contributed by atoms with E-state index in [9.17, 15) is 23.1 Å². The van der Waals surface area contributed by atoms with Crippen LogP contribution >= 0.6 is 0 Å². The van der Waals surface area contributed by atoms with E-state index in [0.29, 0.717) is 17.3 Å². The molecule has 0 atom stereocenters. The van der Waals surface area contributed by atoms with E-state index in [-0.39, 0.29) is 17.0 Å². The standard InChI is InChI=1S/C17H25NO7S/c1-6-7-10-24-14-9-8-12(15(19)20)11-13(14)18(26(5,22)23)16(21)25-17(2,3)4/h8-9,11H,6-7,10H2,1-5H3,(H,19,20). The topological polar surface area (TPSA) is 110 Å². The number of carbonyl (C=O) groups excluding carboxylic acids is 1. The Hall–Kier alpha value is -2.29. The zero-order valence-corrected chi connectivity index (χ0v) is 16.4. The molecule has 0 heterocycles. The lowest BCUT2D eigenvalue weighted by Gasteiger charge is -2.27. The molecule has 0 aliphatic rings. The molecule has 1 rings (SSSR count). The number of carboxylic acid groups (broad SMARTS) is 1. The second-order valence-electron chi connectivity index (χ2n) is 6.70. The minimum absolute atomic E-state index is 0.0831. The van der Waals surface area contributed by atoms with Gasteiger partial charge in [0.2, 0.25) is 10.0 Å². The third-order valence-electron chi connectivity index (χ3n) is 3.07. The predicted molar refractivity (Wildman–Crippen MR) is 97.4 cm³/mol. The molecule has 146 valence electrons. The number of anilines is 1. The maximum absolute atomic E-state index is 12.5. The van der Waals surface area contributed by atoms with Crippen LogP contribution in [0, 0.1) is 0 Å². The summed E-state index contributed by atoms with van der Waals surface area (Å²) in [6.45, 7) is 7.04. The Bertz CT molecular complexity index is 766. The molecular weight excluding hydrogens is 362 g/mol. The molecule has 0 fully saturated rings. The van der Waals surface area contributed by atoms with Crippen molar-refractivity contribution in [1.82, 2.24) is 0 Å². The normalized spacial score (nSPS) is 11.7. The Morgan fingerprint density at radius 3 is 2.31 bits per heavy atom.